The van der Waals surface area contributed by atoms with Crippen molar-refractivity contribution in [3.63, 3.8) is 0 Å². The summed E-state index contributed by atoms with van der Waals surface area (Å²) in [6.07, 6.45) is 2.28. The van der Waals surface area contributed by atoms with Gasteiger partial charge in [0.15, 0.2) is 5.13 Å². The first-order valence-electron chi connectivity index (χ1n) is 8.52. The highest BCUT2D eigenvalue weighted by molar-refractivity contribution is 7.93. The number of nitrogens with zero attached hydrogens (tertiary/aromatic N) is 1. The maximum Gasteiger partial charge on any atom is 0.263 e. The fraction of sp³-hybridized carbons (Fsp3) is 0.158. The minimum absolute atomic E-state index is 0.0453. The van der Waals surface area contributed by atoms with Gasteiger partial charge in [0.05, 0.1) is 11.1 Å². The Morgan fingerprint density at radius 2 is 1.82 bits per heavy atom. The predicted octanol–water partition coefficient (Wildman–Crippen LogP) is 3.88. The van der Waals surface area contributed by atoms with Crippen molar-refractivity contribution in [2.45, 2.75) is 23.3 Å². The maximum atomic E-state index is 12.4. The molecule has 1 saturated carbocycles. The van der Waals surface area contributed by atoms with E-state index in [2.05, 4.69) is 27.2 Å². The molecular formula is C19H16ClN3O3S2. The van der Waals surface area contributed by atoms with E-state index >= 15 is 0 Å². The zero-order valence-electron chi connectivity index (χ0n) is 14.5. The molecule has 2 unspecified atom stereocenters. The average Bonchev–Trinajstić information content (AvgIpc) is 3.34. The number of sulfonamides is 1. The molecule has 0 saturated heterocycles. The summed E-state index contributed by atoms with van der Waals surface area (Å²) >= 11 is 6.79. The van der Waals surface area contributed by atoms with Crippen LogP contribution < -0.4 is 10.0 Å². The van der Waals surface area contributed by atoms with Crippen LogP contribution in [0.15, 0.2) is 65.7 Å². The molecule has 28 heavy (non-hydrogen) atoms. The van der Waals surface area contributed by atoms with Crippen molar-refractivity contribution in [1.29, 1.82) is 0 Å². The SMILES string of the molecule is O=C(NC1CC1c1ccccc1)c1ccc(S(=O)(=O)Nc2ncc(Cl)s2)cc1. The first-order valence-corrected chi connectivity index (χ1v) is 11.2. The van der Waals surface area contributed by atoms with E-state index in [0.29, 0.717) is 15.8 Å². The van der Waals surface area contributed by atoms with Crippen molar-refractivity contribution in [2.75, 3.05) is 4.72 Å². The second-order valence-electron chi connectivity index (χ2n) is 6.43. The Labute approximate surface area is 171 Å². The Balaban J connectivity index is 1.40. The van der Waals surface area contributed by atoms with Gasteiger partial charge in [-0.25, -0.2) is 13.4 Å². The van der Waals surface area contributed by atoms with E-state index in [1.165, 1.54) is 36.0 Å². The van der Waals surface area contributed by atoms with Crippen molar-refractivity contribution in [3.8, 4) is 0 Å². The number of hydrogen-bond acceptors (Lipinski definition) is 5. The summed E-state index contributed by atoms with van der Waals surface area (Å²) in [4.78, 5) is 16.3. The Morgan fingerprint density at radius 3 is 2.46 bits per heavy atom. The summed E-state index contributed by atoms with van der Waals surface area (Å²) in [5.74, 6) is 0.117. The molecule has 4 rings (SSSR count). The first-order chi connectivity index (χ1) is 13.4. The van der Waals surface area contributed by atoms with Gasteiger partial charge in [0.1, 0.15) is 4.34 Å². The van der Waals surface area contributed by atoms with E-state index in [-0.39, 0.29) is 22.0 Å². The minimum atomic E-state index is -3.79. The molecule has 3 aromatic rings. The maximum absolute atomic E-state index is 12.4. The van der Waals surface area contributed by atoms with E-state index in [4.69, 9.17) is 11.6 Å². The van der Waals surface area contributed by atoms with Crippen molar-refractivity contribution in [2.24, 2.45) is 0 Å². The summed E-state index contributed by atoms with van der Waals surface area (Å²) in [5.41, 5.74) is 1.62. The highest BCUT2D eigenvalue weighted by Crippen LogP contribution is 2.40. The van der Waals surface area contributed by atoms with Crippen LogP contribution in [-0.4, -0.2) is 25.4 Å². The van der Waals surface area contributed by atoms with Gasteiger partial charge >= 0.3 is 0 Å². The number of aromatic nitrogens is 1. The molecule has 0 bridgehead atoms. The fourth-order valence-corrected chi connectivity index (χ4v) is 4.99. The minimum Gasteiger partial charge on any atom is -0.349 e. The van der Waals surface area contributed by atoms with Crippen LogP contribution in [0.3, 0.4) is 0 Å². The lowest BCUT2D eigenvalue weighted by molar-refractivity contribution is 0.0950. The standard InChI is InChI=1S/C19H16ClN3O3S2/c20-17-11-21-19(27-17)23-28(25,26)14-8-6-13(7-9-14)18(24)22-16-10-15(16)12-4-2-1-3-5-12/h1-9,11,15-16H,10H2,(H,21,23)(H,22,24). The molecule has 2 aromatic carbocycles. The van der Waals surface area contributed by atoms with Gasteiger partial charge in [0.2, 0.25) is 0 Å². The van der Waals surface area contributed by atoms with Crippen LogP contribution in [0.5, 0.6) is 0 Å². The van der Waals surface area contributed by atoms with Gasteiger partial charge in [-0.15, -0.1) is 0 Å². The van der Waals surface area contributed by atoms with Crippen molar-refractivity contribution in [1.82, 2.24) is 10.3 Å². The van der Waals surface area contributed by atoms with Gasteiger partial charge in [-0.1, -0.05) is 53.3 Å². The molecule has 0 radical (unpaired) electrons. The number of carbonyl (C=O) groups excluding carboxylic acids is 1. The number of amides is 1. The molecule has 9 heteroatoms. The molecule has 0 spiro atoms. The third-order valence-corrected chi connectivity index (χ3v) is 6.97. The topological polar surface area (TPSA) is 88.2 Å². The predicted molar refractivity (Wildman–Crippen MR) is 109 cm³/mol. The zero-order valence-corrected chi connectivity index (χ0v) is 16.9. The summed E-state index contributed by atoms with van der Waals surface area (Å²) in [5, 5.41) is 3.18. The van der Waals surface area contributed by atoms with Crippen LogP contribution in [0.2, 0.25) is 4.34 Å². The molecule has 6 nitrogen and oxygen atoms in total. The fourth-order valence-electron chi connectivity index (χ4n) is 2.94. The Kier molecular flexibility index (Phi) is 5.09. The summed E-state index contributed by atoms with van der Waals surface area (Å²) in [7, 11) is -3.79. The van der Waals surface area contributed by atoms with Crippen LogP contribution in [0.4, 0.5) is 5.13 Å². The molecule has 2 N–H and O–H groups in total. The van der Waals surface area contributed by atoms with Crippen LogP contribution in [0.25, 0.3) is 0 Å². The summed E-state index contributed by atoms with van der Waals surface area (Å²) < 4.78 is 27.5. The number of nitrogens with one attached hydrogen (secondary N) is 2. The molecular weight excluding hydrogens is 418 g/mol. The van der Waals surface area contributed by atoms with Crippen molar-refractivity contribution in [3.05, 3.63) is 76.3 Å². The number of benzene rings is 2. The molecule has 0 aliphatic heterocycles. The molecule has 1 aromatic heterocycles. The highest BCUT2D eigenvalue weighted by Gasteiger charge is 2.39. The van der Waals surface area contributed by atoms with Crippen LogP contribution >= 0.6 is 22.9 Å². The van der Waals surface area contributed by atoms with Gasteiger partial charge in [0.25, 0.3) is 15.9 Å². The Hall–Kier alpha value is -2.42. The van der Waals surface area contributed by atoms with Crippen molar-refractivity contribution < 1.29 is 13.2 Å². The van der Waals surface area contributed by atoms with Crippen LogP contribution in [0.1, 0.15) is 28.3 Å². The normalized spacial score (nSPS) is 18.5. The zero-order chi connectivity index (χ0) is 19.7. The summed E-state index contributed by atoms with van der Waals surface area (Å²) in [6, 6.07) is 15.9. The second-order valence-corrected chi connectivity index (χ2v) is 9.78. The smallest absolute Gasteiger partial charge is 0.263 e. The summed E-state index contributed by atoms with van der Waals surface area (Å²) in [6.45, 7) is 0. The van der Waals surface area contributed by atoms with E-state index < -0.39 is 10.0 Å². The molecule has 1 amide bonds. The van der Waals surface area contributed by atoms with E-state index in [1.807, 2.05) is 18.2 Å². The van der Waals surface area contributed by atoms with E-state index in [0.717, 1.165) is 17.8 Å². The highest BCUT2D eigenvalue weighted by atomic mass is 35.5. The molecule has 1 fully saturated rings. The Bertz CT molecular complexity index is 1100. The Morgan fingerprint density at radius 1 is 1.11 bits per heavy atom. The van der Waals surface area contributed by atoms with Gasteiger partial charge in [-0.3, -0.25) is 9.52 Å². The third kappa shape index (κ3) is 4.19. The largest absolute Gasteiger partial charge is 0.349 e. The lowest BCUT2D eigenvalue weighted by Gasteiger charge is -2.08. The molecule has 1 heterocycles. The third-order valence-electron chi connectivity index (χ3n) is 4.46. The molecule has 1 aliphatic carbocycles. The first kappa shape index (κ1) is 18.9. The van der Waals surface area contributed by atoms with E-state index in [1.54, 1.807) is 0 Å². The number of halogens is 1. The average molecular weight is 434 g/mol. The van der Waals surface area contributed by atoms with Crippen LogP contribution in [-0.2, 0) is 10.0 Å². The van der Waals surface area contributed by atoms with Crippen LogP contribution in [0, 0.1) is 0 Å². The van der Waals surface area contributed by atoms with Gasteiger partial charge < -0.3 is 5.32 Å². The monoisotopic (exact) mass is 433 g/mol. The number of thiazole rings is 1. The second kappa shape index (κ2) is 7.54. The quantitative estimate of drug-likeness (QED) is 0.617. The molecule has 144 valence electrons. The molecule has 2 atom stereocenters. The van der Waals surface area contributed by atoms with E-state index in [9.17, 15) is 13.2 Å². The van der Waals surface area contributed by atoms with Gasteiger partial charge in [0, 0.05) is 17.5 Å². The lowest BCUT2D eigenvalue weighted by atomic mass is 10.1. The lowest BCUT2D eigenvalue weighted by Crippen LogP contribution is -2.26. The van der Waals surface area contributed by atoms with Gasteiger partial charge in [-0.05, 0) is 36.2 Å². The number of anilines is 1. The number of hydrogen-bond donors (Lipinski definition) is 2. The number of rotatable bonds is 6. The number of carbonyl (C=O) groups is 1. The van der Waals surface area contributed by atoms with Crippen molar-refractivity contribution >= 4 is 44.0 Å². The van der Waals surface area contributed by atoms with Gasteiger partial charge in [-0.2, -0.15) is 0 Å². The molecule has 1 aliphatic rings.